The van der Waals surface area contributed by atoms with Gasteiger partial charge in [-0.1, -0.05) is 0 Å². The molecule has 1 fully saturated rings. The normalized spacial score (nSPS) is 24.4. The van der Waals surface area contributed by atoms with Crippen molar-refractivity contribution in [1.82, 2.24) is 20.7 Å². The van der Waals surface area contributed by atoms with E-state index in [1.807, 2.05) is 0 Å². The van der Waals surface area contributed by atoms with Gasteiger partial charge in [-0.05, 0) is 40.5 Å². The highest BCUT2D eigenvalue weighted by molar-refractivity contribution is 4.74. The number of nitrogens with zero attached hydrogens (tertiary/aromatic N) is 2. The van der Waals surface area contributed by atoms with Crippen molar-refractivity contribution in [2.24, 2.45) is 0 Å². The number of likely N-dealkylation sites (tertiary alicyclic amines) is 1. The molecule has 1 unspecified atom stereocenters. The molecule has 2 N–H and O–H groups in total. The largest absolute Gasteiger partial charge is 0.308 e. The molecule has 0 aromatic heterocycles. The molecule has 1 rings (SSSR count). The maximum Gasteiger partial charge on any atom is 0.0340 e. The molecule has 1 aliphatic heterocycles. The molecule has 4 heteroatoms. The smallest absolute Gasteiger partial charge is 0.0340 e. The van der Waals surface area contributed by atoms with Crippen molar-refractivity contribution >= 4 is 0 Å². The Labute approximate surface area is 87.6 Å². The van der Waals surface area contributed by atoms with E-state index in [1.165, 1.54) is 19.4 Å². The van der Waals surface area contributed by atoms with Crippen LogP contribution >= 0.6 is 0 Å². The second kappa shape index (κ2) is 6.35. The van der Waals surface area contributed by atoms with E-state index in [-0.39, 0.29) is 0 Å². The van der Waals surface area contributed by atoms with Crippen LogP contribution in [-0.4, -0.2) is 63.2 Å². The van der Waals surface area contributed by atoms with E-state index in [0.717, 1.165) is 19.6 Å². The lowest BCUT2D eigenvalue weighted by Gasteiger charge is -2.30. The fourth-order valence-electron chi connectivity index (χ4n) is 1.78. The molecule has 1 saturated heterocycles. The van der Waals surface area contributed by atoms with Gasteiger partial charge in [0.25, 0.3) is 0 Å². The molecule has 1 heterocycles. The van der Waals surface area contributed by atoms with Gasteiger partial charge in [0.1, 0.15) is 0 Å². The Morgan fingerprint density at radius 2 is 2.21 bits per heavy atom. The molecule has 0 saturated carbocycles. The quantitative estimate of drug-likeness (QED) is 0.473. The number of piperidine rings is 1. The van der Waals surface area contributed by atoms with Crippen LogP contribution in [0.15, 0.2) is 0 Å². The van der Waals surface area contributed by atoms with Crippen molar-refractivity contribution in [3.8, 4) is 0 Å². The average molecular weight is 200 g/mol. The van der Waals surface area contributed by atoms with Gasteiger partial charge in [-0.25, -0.2) is 0 Å². The maximum absolute atomic E-state index is 3.39. The van der Waals surface area contributed by atoms with Crippen LogP contribution in [0.5, 0.6) is 0 Å². The molecule has 0 radical (unpaired) electrons. The molecule has 0 aromatic rings. The average Bonchev–Trinajstić information content (AvgIpc) is 2.12. The summed E-state index contributed by atoms with van der Waals surface area (Å²) in [5.74, 6) is 0. The van der Waals surface area contributed by atoms with Crippen LogP contribution in [0.1, 0.15) is 12.8 Å². The van der Waals surface area contributed by atoms with E-state index in [2.05, 4.69) is 41.8 Å². The summed E-state index contributed by atoms with van der Waals surface area (Å²) in [6.07, 6.45) is 2.60. The minimum Gasteiger partial charge on any atom is -0.308 e. The Kier molecular flexibility index (Phi) is 5.40. The second-order valence-corrected chi connectivity index (χ2v) is 4.48. The zero-order chi connectivity index (χ0) is 10.4. The molecular weight excluding hydrogens is 176 g/mol. The Balaban J connectivity index is 2.00. The lowest BCUT2D eigenvalue weighted by molar-refractivity contribution is 0.212. The third-order valence-electron chi connectivity index (χ3n) is 2.61. The van der Waals surface area contributed by atoms with Gasteiger partial charge in [0.05, 0.1) is 0 Å². The third-order valence-corrected chi connectivity index (χ3v) is 2.61. The maximum atomic E-state index is 3.39. The van der Waals surface area contributed by atoms with Gasteiger partial charge >= 0.3 is 0 Å². The van der Waals surface area contributed by atoms with E-state index < -0.39 is 0 Å². The van der Waals surface area contributed by atoms with Crippen LogP contribution in [0.2, 0.25) is 0 Å². The first-order chi connectivity index (χ1) is 6.68. The zero-order valence-corrected chi connectivity index (χ0v) is 9.71. The molecule has 0 amide bonds. The number of hydrogen-bond donors (Lipinski definition) is 2. The molecule has 0 aromatic carbocycles. The first-order valence-electron chi connectivity index (χ1n) is 5.50. The van der Waals surface area contributed by atoms with Crippen molar-refractivity contribution < 1.29 is 0 Å². The molecule has 4 nitrogen and oxygen atoms in total. The van der Waals surface area contributed by atoms with Crippen molar-refractivity contribution in [2.45, 2.75) is 18.9 Å². The Bertz CT molecular complexity index is 149. The number of nitrogens with one attached hydrogen (secondary N) is 2. The van der Waals surface area contributed by atoms with Gasteiger partial charge < -0.3 is 9.80 Å². The van der Waals surface area contributed by atoms with Crippen LogP contribution in [-0.2, 0) is 0 Å². The van der Waals surface area contributed by atoms with Gasteiger partial charge in [-0.15, -0.1) is 0 Å². The van der Waals surface area contributed by atoms with E-state index in [0.29, 0.717) is 6.04 Å². The van der Waals surface area contributed by atoms with Crippen molar-refractivity contribution in [2.75, 3.05) is 47.3 Å². The number of rotatable bonds is 5. The topological polar surface area (TPSA) is 30.5 Å². The lowest BCUT2D eigenvalue weighted by Crippen LogP contribution is -2.50. The van der Waals surface area contributed by atoms with Gasteiger partial charge in [0.2, 0.25) is 0 Å². The molecular formula is C10H24N4. The Morgan fingerprint density at radius 3 is 2.86 bits per heavy atom. The summed E-state index contributed by atoms with van der Waals surface area (Å²) >= 11 is 0. The highest BCUT2D eigenvalue weighted by Gasteiger charge is 2.15. The van der Waals surface area contributed by atoms with E-state index in [1.54, 1.807) is 0 Å². The van der Waals surface area contributed by atoms with Gasteiger partial charge in [-0.2, -0.15) is 0 Å². The summed E-state index contributed by atoms with van der Waals surface area (Å²) in [5.41, 5.74) is 6.68. The summed E-state index contributed by atoms with van der Waals surface area (Å²) < 4.78 is 0. The van der Waals surface area contributed by atoms with E-state index >= 15 is 0 Å². The van der Waals surface area contributed by atoms with Crippen molar-refractivity contribution in [1.29, 1.82) is 0 Å². The molecule has 0 aliphatic carbocycles. The number of hydrogen-bond acceptors (Lipinski definition) is 4. The molecule has 0 bridgehead atoms. The first kappa shape index (κ1) is 11.9. The van der Waals surface area contributed by atoms with Crippen LogP contribution in [0, 0.1) is 0 Å². The second-order valence-electron chi connectivity index (χ2n) is 4.48. The predicted molar refractivity (Wildman–Crippen MR) is 60.2 cm³/mol. The minimum absolute atomic E-state index is 0.621. The summed E-state index contributed by atoms with van der Waals surface area (Å²) in [6.45, 7) is 4.49. The number of likely N-dealkylation sites (N-methyl/N-ethyl adjacent to an activating group) is 2. The highest BCUT2D eigenvalue weighted by Crippen LogP contribution is 2.06. The Morgan fingerprint density at radius 1 is 1.43 bits per heavy atom. The Hall–Kier alpha value is -0.160. The first-order valence-corrected chi connectivity index (χ1v) is 5.50. The fraction of sp³-hybridized carbons (Fsp3) is 1.00. The van der Waals surface area contributed by atoms with Crippen LogP contribution in [0.3, 0.4) is 0 Å². The molecule has 1 atom stereocenters. The summed E-state index contributed by atoms with van der Waals surface area (Å²) in [5, 5.41) is 0. The summed E-state index contributed by atoms with van der Waals surface area (Å²) in [7, 11) is 6.37. The number of hydrazine groups is 1. The predicted octanol–water partition coefficient (Wildman–Crippen LogP) is -0.264. The molecule has 1 aliphatic rings. The van der Waals surface area contributed by atoms with E-state index in [9.17, 15) is 0 Å². The lowest BCUT2D eigenvalue weighted by atomic mass is 10.1. The van der Waals surface area contributed by atoms with E-state index in [4.69, 9.17) is 0 Å². The van der Waals surface area contributed by atoms with Crippen LogP contribution in [0.4, 0.5) is 0 Å². The SMILES string of the molecule is CN(C)CCNNC1CCCN(C)C1. The third kappa shape index (κ3) is 4.91. The van der Waals surface area contributed by atoms with Gasteiger partial charge in [0.15, 0.2) is 0 Å². The van der Waals surface area contributed by atoms with Gasteiger partial charge in [0, 0.05) is 25.7 Å². The molecule has 0 spiro atoms. The fourth-order valence-corrected chi connectivity index (χ4v) is 1.78. The minimum atomic E-state index is 0.621. The zero-order valence-electron chi connectivity index (χ0n) is 9.71. The molecule has 84 valence electrons. The van der Waals surface area contributed by atoms with Crippen LogP contribution in [0.25, 0.3) is 0 Å². The summed E-state index contributed by atoms with van der Waals surface area (Å²) in [6, 6.07) is 0.621. The monoisotopic (exact) mass is 200 g/mol. The molecule has 14 heavy (non-hydrogen) atoms. The van der Waals surface area contributed by atoms with Crippen LogP contribution < -0.4 is 10.9 Å². The van der Waals surface area contributed by atoms with Crippen molar-refractivity contribution in [3.05, 3.63) is 0 Å². The van der Waals surface area contributed by atoms with Crippen molar-refractivity contribution in [3.63, 3.8) is 0 Å². The highest BCUT2D eigenvalue weighted by atomic mass is 15.4. The summed E-state index contributed by atoms with van der Waals surface area (Å²) in [4.78, 5) is 4.57. The van der Waals surface area contributed by atoms with Gasteiger partial charge in [-0.3, -0.25) is 10.9 Å². The standard InChI is InChI=1S/C10H24N4/c1-13(2)8-6-11-12-10-5-4-7-14(3)9-10/h10-12H,4-9H2,1-3H3.